The molecule has 1 aromatic heterocycles. The lowest BCUT2D eigenvalue weighted by atomic mass is 10.2. The number of nitrogens with one attached hydrogen (secondary N) is 1. The topological polar surface area (TPSA) is 63.8 Å². The van der Waals surface area contributed by atoms with Crippen LogP contribution < -0.4 is 11.1 Å². The third-order valence-corrected chi connectivity index (χ3v) is 3.64. The summed E-state index contributed by atoms with van der Waals surface area (Å²) in [6.07, 6.45) is 2.27. The van der Waals surface area contributed by atoms with Crippen LogP contribution in [0, 0.1) is 6.92 Å². The van der Waals surface area contributed by atoms with E-state index in [0.29, 0.717) is 5.82 Å². The van der Waals surface area contributed by atoms with Gasteiger partial charge in [-0.25, -0.2) is 9.97 Å². The summed E-state index contributed by atoms with van der Waals surface area (Å²) in [5.74, 6) is 1.30. The van der Waals surface area contributed by atoms with Crippen molar-refractivity contribution in [2.45, 2.75) is 20.3 Å². The molecule has 0 spiro atoms. The highest BCUT2D eigenvalue weighted by Crippen LogP contribution is 2.25. The van der Waals surface area contributed by atoms with Crippen molar-refractivity contribution < 1.29 is 0 Å². The molecule has 0 saturated heterocycles. The van der Waals surface area contributed by atoms with Crippen LogP contribution in [0.4, 0.5) is 17.3 Å². The SMILES string of the molecule is CCc1c(N)ncnc1Nc1ccc(Br)c(C)c1. The number of aryl methyl sites for hydroxylation is 1. The number of aromatic nitrogens is 2. The number of benzene rings is 1. The first-order valence-electron chi connectivity index (χ1n) is 5.74. The molecule has 1 aromatic carbocycles. The Balaban J connectivity index is 2.34. The molecule has 0 aliphatic heterocycles. The highest BCUT2D eigenvalue weighted by molar-refractivity contribution is 9.10. The summed E-state index contributed by atoms with van der Waals surface area (Å²) in [7, 11) is 0. The second kappa shape index (κ2) is 5.35. The van der Waals surface area contributed by atoms with Gasteiger partial charge in [0.2, 0.25) is 0 Å². The van der Waals surface area contributed by atoms with Crippen molar-refractivity contribution in [2.24, 2.45) is 0 Å². The van der Waals surface area contributed by atoms with Crippen LogP contribution in [0.3, 0.4) is 0 Å². The van der Waals surface area contributed by atoms with E-state index in [2.05, 4.69) is 37.3 Å². The molecular formula is C13H15BrN4. The molecule has 0 fully saturated rings. The molecule has 1 heterocycles. The molecule has 5 heteroatoms. The molecular weight excluding hydrogens is 292 g/mol. The van der Waals surface area contributed by atoms with Crippen LogP contribution in [-0.2, 0) is 6.42 Å². The molecule has 3 N–H and O–H groups in total. The Hall–Kier alpha value is -1.62. The summed E-state index contributed by atoms with van der Waals surface area (Å²) < 4.78 is 1.09. The van der Waals surface area contributed by atoms with Gasteiger partial charge in [0, 0.05) is 15.7 Å². The van der Waals surface area contributed by atoms with Gasteiger partial charge in [0.05, 0.1) is 0 Å². The van der Waals surface area contributed by atoms with Crippen LogP contribution in [0.25, 0.3) is 0 Å². The zero-order chi connectivity index (χ0) is 13.1. The fourth-order valence-electron chi connectivity index (χ4n) is 1.74. The summed E-state index contributed by atoms with van der Waals surface area (Å²) in [6, 6.07) is 6.06. The minimum Gasteiger partial charge on any atom is -0.383 e. The first kappa shape index (κ1) is 12.8. The lowest BCUT2D eigenvalue weighted by molar-refractivity contribution is 1.06. The number of nitrogens with zero attached hydrogens (tertiary/aromatic N) is 2. The molecule has 0 atom stereocenters. The smallest absolute Gasteiger partial charge is 0.139 e. The Morgan fingerprint density at radius 2 is 2.11 bits per heavy atom. The van der Waals surface area contributed by atoms with Gasteiger partial charge < -0.3 is 11.1 Å². The standard InChI is InChI=1S/C13H15BrN4/c1-3-10-12(15)16-7-17-13(10)18-9-4-5-11(14)8(2)6-9/h4-7H,3H2,1-2H3,(H3,15,16,17,18). The summed E-state index contributed by atoms with van der Waals surface area (Å²) in [6.45, 7) is 4.08. The monoisotopic (exact) mass is 306 g/mol. The predicted molar refractivity (Wildman–Crippen MR) is 78.0 cm³/mol. The van der Waals surface area contributed by atoms with E-state index in [9.17, 15) is 0 Å². The Bertz CT molecular complexity index is 569. The highest BCUT2D eigenvalue weighted by Gasteiger charge is 2.07. The second-order valence-electron chi connectivity index (χ2n) is 4.03. The first-order valence-corrected chi connectivity index (χ1v) is 6.53. The van der Waals surface area contributed by atoms with E-state index < -0.39 is 0 Å². The van der Waals surface area contributed by atoms with E-state index in [0.717, 1.165) is 28.0 Å². The number of rotatable bonds is 3. The fraction of sp³-hybridized carbons (Fsp3) is 0.231. The van der Waals surface area contributed by atoms with Gasteiger partial charge >= 0.3 is 0 Å². The maximum absolute atomic E-state index is 5.84. The Kier molecular flexibility index (Phi) is 3.81. The number of halogens is 1. The molecule has 4 nitrogen and oxygen atoms in total. The zero-order valence-corrected chi connectivity index (χ0v) is 12.0. The van der Waals surface area contributed by atoms with Crippen LogP contribution >= 0.6 is 15.9 Å². The van der Waals surface area contributed by atoms with Crippen molar-refractivity contribution in [1.82, 2.24) is 9.97 Å². The van der Waals surface area contributed by atoms with E-state index in [1.807, 2.05) is 26.0 Å². The molecule has 0 bridgehead atoms. The second-order valence-corrected chi connectivity index (χ2v) is 4.88. The maximum Gasteiger partial charge on any atom is 0.139 e. The molecule has 0 unspecified atom stereocenters. The van der Waals surface area contributed by atoms with Crippen molar-refractivity contribution in [2.75, 3.05) is 11.1 Å². The molecule has 18 heavy (non-hydrogen) atoms. The third kappa shape index (κ3) is 2.61. The summed E-state index contributed by atoms with van der Waals surface area (Å²) in [4.78, 5) is 8.25. The molecule has 0 aliphatic carbocycles. The average molecular weight is 307 g/mol. The van der Waals surface area contributed by atoms with Crippen LogP contribution in [0.15, 0.2) is 29.0 Å². The Labute approximate surface area is 115 Å². The Morgan fingerprint density at radius 1 is 1.33 bits per heavy atom. The molecule has 0 saturated carbocycles. The van der Waals surface area contributed by atoms with Gasteiger partial charge in [-0.15, -0.1) is 0 Å². The Morgan fingerprint density at radius 3 is 2.78 bits per heavy atom. The molecule has 0 aliphatic rings. The minimum absolute atomic E-state index is 0.531. The van der Waals surface area contributed by atoms with E-state index in [1.54, 1.807) is 0 Å². The van der Waals surface area contributed by atoms with Crippen molar-refractivity contribution in [3.05, 3.63) is 40.1 Å². The van der Waals surface area contributed by atoms with Gasteiger partial charge in [-0.2, -0.15) is 0 Å². The third-order valence-electron chi connectivity index (χ3n) is 2.75. The first-order chi connectivity index (χ1) is 8.61. The number of anilines is 3. The van der Waals surface area contributed by atoms with Gasteiger partial charge in [-0.1, -0.05) is 22.9 Å². The molecule has 0 amide bonds. The largest absolute Gasteiger partial charge is 0.383 e. The molecule has 0 radical (unpaired) electrons. The molecule has 2 rings (SSSR count). The van der Waals surface area contributed by atoms with Crippen molar-refractivity contribution >= 4 is 33.3 Å². The normalized spacial score (nSPS) is 10.4. The lowest BCUT2D eigenvalue weighted by Gasteiger charge is -2.11. The molecule has 2 aromatic rings. The van der Waals surface area contributed by atoms with E-state index in [1.165, 1.54) is 11.9 Å². The maximum atomic E-state index is 5.84. The average Bonchev–Trinajstić information content (AvgIpc) is 2.34. The zero-order valence-electron chi connectivity index (χ0n) is 10.4. The van der Waals surface area contributed by atoms with Gasteiger partial charge in [-0.05, 0) is 37.1 Å². The summed E-state index contributed by atoms with van der Waals surface area (Å²) in [5, 5.41) is 3.28. The van der Waals surface area contributed by atoms with Gasteiger partial charge in [0.15, 0.2) is 0 Å². The fourth-order valence-corrected chi connectivity index (χ4v) is 1.99. The van der Waals surface area contributed by atoms with E-state index >= 15 is 0 Å². The van der Waals surface area contributed by atoms with Crippen LogP contribution in [0.2, 0.25) is 0 Å². The molecule has 94 valence electrons. The summed E-state index contributed by atoms with van der Waals surface area (Å²) in [5.41, 5.74) is 8.94. The summed E-state index contributed by atoms with van der Waals surface area (Å²) >= 11 is 3.48. The quantitative estimate of drug-likeness (QED) is 0.912. The highest BCUT2D eigenvalue weighted by atomic mass is 79.9. The van der Waals surface area contributed by atoms with E-state index in [-0.39, 0.29) is 0 Å². The number of hydrogen-bond acceptors (Lipinski definition) is 4. The van der Waals surface area contributed by atoms with Gasteiger partial charge in [0.1, 0.15) is 18.0 Å². The van der Waals surface area contributed by atoms with Gasteiger partial charge in [-0.3, -0.25) is 0 Å². The van der Waals surface area contributed by atoms with Gasteiger partial charge in [0.25, 0.3) is 0 Å². The number of nitrogens with two attached hydrogens (primary N) is 1. The number of hydrogen-bond donors (Lipinski definition) is 2. The van der Waals surface area contributed by atoms with Crippen molar-refractivity contribution in [3.8, 4) is 0 Å². The van der Waals surface area contributed by atoms with E-state index in [4.69, 9.17) is 5.73 Å². The lowest BCUT2D eigenvalue weighted by Crippen LogP contribution is -2.04. The van der Waals surface area contributed by atoms with Crippen molar-refractivity contribution in [3.63, 3.8) is 0 Å². The van der Waals surface area contributed by atoms with Crippen LogP contribution in [0.1, 0.15) is 18.1 Å². The van der Waals surface area contributed by atoms with Crippen molar-refractivity contribution in [1.29, 1.82) is 0 Å². The predicted octanol–water partition coefficient (Wildman–Crippen LogP) is 3.44. The van der Waals surface area contributed by atoms with Crippen LogP contribution in [-0.4, -0.2) is 9.97 Å². The van der Waals surface area contributed by atoms with Crippen LogP contribution in [0.5, 0.6) is 0 Å². The minimum atomic E-state index is 0.531. The number of nitrogen functional groups attached to an aromatic ring is 1.